The monoisotopic (exact) mass is 232 g/mol. The highest BCUT2D eigenvalue weighted by Crippen LogP contribution is 2.31. The van der Waals surface area contributed by atoms with Gasteiger partial charge in [-0.05, 0) is 12.1 Å². The molecule has 4 nitrogen and oxygen atoms in total. The summed E-state index contributed by atoms with van der Waals surface area (Å²) in [6.45, 7) is 3.56. The maximum atomic E-state index is 11.5. The lowest BCUT2D eigenvalue weighted by Crippen LogP contribution is -2.02. The minimum atomic E-state index is -0.417. The van der Waals surface area contributed by atoms with E-state index in [1.807, 2.05) is 0 Å². The van der Waals surface area contributed by atoms with Crippen LogP contribution in [0, 0.1) is 0 Å². The van der Waals surface area contributed by atoms with Gasteiger partial charge in [0.25, 0.3) is 0 Å². The summed E-state index contributed by atoms with van der Waals surface area (Å²) in [7, 11) is 3.08. The molecule has 0 saturated heterocycles. The maximum Gasteiger partial charge on any atom is 0.343 e. The molecular weight excluding hydrogens is 220 g/mol. The van der Waals surface area contributed by atoms with Gasteiger partial charge in [0.15, 0.2) is 11.5 Å². The molecule has 1 heterocycles. The molecule has 0 N–H and O–H groups in total. The summed E-state index contributed by atoms with van der Waals surface area (Å²) < 4.78 is 15.5. The van der Waals surface area contributed by atoms with Crippen molar-refractivity contribution in [2.24, 2.45) is 0 Å². The second kappa shape index (κ2) is 4.33. The summed E-state index contributed by atoms with van der Waals surface area (Å²) in [5, 5.41) is 0.761. The molecule has 0 spiro atoms. The summed E-state index contributed by atoms with van der Waals surface area (Å²) in [5.41, 5.74) is 0.461. The first-order valence-corrected chi connectivity index (χ1v) is 5.02. The van der Waals surface area contributed by atoms with Gasteiger partial charge in [-0.15, -0.1) is 0 Å². The third-order valence-electron chi connectivity index (χ3n) is 2.49. The molecule has 17 heavy (non-hydrogen) atoms. The van der Waals surface area contributed by atoms with Crippen molar-refractivity contribution in [3.63, 3.8) is 0 Å². The molecule has 88 valence electrons. The van der Waals surface area contributed by atoms with Crippen LogP contribution in [-0.2, 0) is 0 Å². The van der Waals surface area contributed by atoms with Crippen LogP contribution in [0.5, 0.6) is 11.5 Å². The molecule has 0 atom stereocenters. The van der Waals surface area contributed by atoms with E-state index in [0.29, 0.717) is 22.6 Å². The summed E-state index contributed by atoms with van der Waals surface area (Å²) in [5.74, 6) is 1.11. The van der Waals surface area contributed by atoms with Crippen molar-refractivity contribution in [2.75, 3.05) is 14.2 Å². The van der Waals surface area contributed by atoms with Crippen molar-refractivity contribution in [1.82, 2.24) is 0 Å². The first-order chi connectivity index (χ1) is 8.19. The SMILES string of the molecule is C=Cc1cc2cc(OC)c(OC)cc2oc1=O. The average molecular weight is 232 g/mol. The Morgan fingerprint density at radius 1 is 1.18 bits per heavy atom. The largest absolute Gasteiger partial charge is 0.493 e. The zero-order chi connectivity index (χ0) is 12.4. The molecule has 0 unspecified atom stereocenters. The van der Waals surface area contributed by atoms with Crippen LogP contribution in [0.2, 0.25) is 0 Å². The second-order valence-corrected chi connectivity index (χ2v) is 3.44. The molecule has 0 aliphatic rings. The van der Waals surface area contributed by atoms with Crippen LogP contribution in [0.15, 0.2) is 34.0 Å². The molecule has 0 fully saturated rings. The fraction of sp³-hybridized carbons (Fsp3) is 0.154. The Morgan fingerprint density at radius 3 is 2.41 bits per heavy atom. The van der Waals surface area contributed by atoms with Crippen molar-refractivity contribution in [2.45, 2.75) is 0 Å². The molecular formula is C13H12O4. The van der Waals surface area contributed by atoms with E-state index < -0.39 is 5.63 Å². The van der Waals surface area contributed by atoms with Crippen molar-refractivity contribution in [3.05, 3.63) is 40.8 Å². The van der Waals surface area contributed by atoms with Gasteiger partial charge < -0.3 is 13.9 Å². The van der Waals surface area contributed by atoms with Crippen LogP contribution < -0.4 is 15.1 Å². The highest BCUT2D eigenvalue weighted by Gasteiger charge is 2.09. The smallest absolute Gasteiger partial charge is 0.343 e. The van der Waals surface area contributed by atoms with Crippen LogP contribution in [0.25, 0.3) is 17.0 Å². The Kier molecular flexibility index (Phi) is 2.87. The Bertz CT molecular complexity index is 625. The number of ether oxygens (including phenoxy) is 2. The zero-order valence-electron chi connectivity index (χ0n) is 9.65. The minimum absolute atomic E-state index is 0.417. The predicted octanol–water partition coefficient (Wildman–Crippen LogP) is 2.45. The van der Waals surface area contributed by atoms with Crippen molar-refractivity contribution in [1.29, 1.82) is 0 Å². The molecule has 0 aliphatic heterocycles. The van der Waals surface area contributed by atoms with Gasteiger partial charge >= 0.3 is 5.63 Å². The predicted molar refractivity (Wildman–Crippen MR) is 65.7 cm³/mol. The van der Waals surface area contributed by atoms with E-state index in [2.05, 4.69) is 6.58 Å². The molecule has 0 aliphatic carbocycles. The molecule has 0 radical (unpaired) electrons. The summed E-state index contributed by atoms with van der Waals surface area (Å²) in [6, 6.07) is 5.09. The van der Waals surface area contributed by atoms with E-state index in [1.165, 1.54) is 13.2 Å². The number of hydrogen-bond donors (Lipinski definition) is 0. The number of rotatable bonds is 3. The molecule has 0 bridgehead atoms. The fourth-order valence-corrected chi connectivity index (χ4v) is 1.60. The summed E-state index contributed by atoms with van der Waals surface area (Å²) >= 11 is 0. The van der Waals surface area contributed by atoms with Gasteiger partial charge in [-0.2, -0.15) is 0 Å². The standard InChI is InChI=1S/C13H12O4/c1-4-8-5-9-6-11(15-2)12(16-3)7-10(9)17-13(8)14/h4-7H,1H2,2-3H3. The van der Waals surface area contributed by atoms with Gasteiger partial charge in [0.1, 0.15) is 5.58 Å². The van der Waals surface area contributed by atoms with E-state index in [9.17, 15) is 4.79 Å². The third-order valence-corrected chi connectivity index (χ3v) is 2.49. The van der Waals surface area contributed by atoms with E-state index in [-0.39, 0.29) is 0 Å². The van der Waals surface area contributed by atoms with E-state index in [0.717, 1.165) is 5.39 Å². The fourth-order valence-electron chi connectivity index (χ4n) is 1.60. The van der Waals surface area contributed by atoms with Crippen molar-refractivity contribution >= 4 is 17.0 Å². The first kappa shape index (κ1) is 11.3. The Balaban J connectivity index is 2.78. The van der Waals surface area contributed by atoms with E-state index in [1.54, 1.807) is 25.3 Å². The molecule has 1 aromatic heterocycles. The van der Waals surface area contributed by atoms with Gasteiger partial charge in [-0.25, -0.2) is 4.79 Å². The quantitative estimate of drug-likeness (QED) is 0.763. The van der Waals surface area contributed by atoms with E-state index >= 15 is 0 Å². The van der Waals surface area contributed by atoms with Crippen molar-refractivity contribution < 1.29 is 13.9 Å². The van der Waals surface area contributed by atoms with Gasteiger partial charge in [-0.1, -0.05) is 12.7 Å². The Morgan fingerprint density at radius 2 is 1.82 bits per heavy atom. The van der Waals surface area contributed by atoms with Crippen LogP contribution >= 0.6 is 0 Å². The van der Waals surface area contributed by atoms with Crippen LogP contribution in [-0.4, -0.2) is 14.2 Å². The molecule has 1 aromatic carbocycles. The summed E-state index contributed by atoms with van der Waals surface area (Å²) in [6.07, 6.45) is 1.46. The number of benzene rings is 1. The number of hydrogen-bond acceptors (Lipinski definition) is 4. The van der Waals surface area contributed by atoms with Crippen LogP contribution in [0.3, 0.4) is 0 Å². The lowest BCUT2D eigenvalue weighted by molar-refractivity contribution is 0.355. The Labute approximate surface area is 98.1 Å². The van der Waals surface area contributed by atoms with Gasteiger partial charge in [0, 0.05) is 11.5 Å². The minimum Gasteiger partial charge on any atom is -0.493 e. The molecule has 2 aromatic rings. The highest BCUT2D eigenvalue weighted by molar-refractivity contribution is 5.82. The number of methoxy groups -OCH3 is 2. The highest BCUT2D eigenvalue weighted by atomic mass is 16.5. The third kappa shape index (κ3) is 1.89. The maximum absolute atomic E-state index is 11.5. The Hall–Kier alpha value is -2.23. The van der Waals surface area contributed by atoms with Crippen LogP contribution in [0.4, 0.5) is 0 Å². The zero-order valence-corrected chi connectivity index (χ0v) is 9.65. The van der Waals surface area contributed by atoms with Crippen LogP contribution in [0.1, 0.15) is 5.56 Å². The average Bonchev–Trinajstić information content (AvgIpc) is 2.36. The van der Waals surface area contributed by atoms with Gasteiger partial charge in [0.2, 0.25) is 0 Å². The topological polar surface area (TPSA) is 48.7 Å². The first-order valence-electron chi connectivity index (χ1n) is 5.02. The van der Waals surface area contributed by atoms with Gasteiger partial charge in [0.05, 0.1) is 19.8 Å². The van der Waals surface area contributed by atoms with Gasteiger partial charge in [-0.3, -0.25) is 0 Å². The second-order valence-electron chi connectivity index (χ2n) is 3.44. The summed E-state index contributed by atoms with van der Waals surface area (Å²) in [4.78, 5) is 11.5. The van der Waals surface area contributed by atoms with E-state index in [4.69, 9.17) is 13.9 Å². The molecule has 2 rings (SSSR count). The number of fused-ring (bicyclic) bond motifs is 1. The molecule has 0 saturated carbocycles. The lowest BCUT2D eigenvalue weighted by atomic mass is 10.1. The lowest BCUT2D eigenvalue weighted by Gasteiger charge is -2.08. The van der Waals surface area contributed by atoms with Crippen molar-refractivity contribution in [3.8, 4) is 11.5 Å². The normalized spacial score (nSPS) is 10.2. The molecule has 4 heteroatoms. The molecule has 0 amide bonds.